The highest BCUT2D eigenvalue weighted by atomic mass is 32.2. The lowest BCUT2D eigenvalue weighted by atomic mass is 10.0. The Kier molecular flexibility index (Phi) is 5.02. The second kappa shape index (κ2) is 6.92. The predicted octanol–water partition coefficient (Wildman–Crippen LogP) is 4.45. The Hall–Kier alpha value is -1.66. The third kappa shape index (κ3) is 3.51. The lowest BCUT2D eigenvalue weighted by Gasteiger charge is -2.22. The normalized spacial score (nSPS) is 19.2. The molecule has 25 heavy (non-hydrogen) atoms. The van der Waals surface area contributed by atoms with E-state index in [0.717, 1.165) is 24.2 Å². The van der Waals surface area contributed by atoms with Crippen LogP contribution in [0.2, 0.25) is 0 Å². The zero-order valence-corrected chi connectivity index (χ0v) is 16.1. The molecule has 0 bridgehead atoms. The first-order valence-corrected chi connectivity index (χ1v) is 10.3. The molecule has 0 amide bonds. The third-order valence-corrected chi connectivity index (χ3v) is 6.74. The number of rotatable bonds is 5. The molecule has 2 aromatic rings. The van der Waals surface area contributed by atoms with Gasteiger partial charge in [-0.25, -0.2) is 8.42 Å². The van der Waals surface area contributed by atoms with E-state index >= 15 is 0 Å². The second-order valence-corrected chi connectivity index (χ2v) is 9.20. The number of hydrogen-bond donors (Lipinski definition) is 0. The maximum absolute atomic E-state index is 13.1. The van der Waals surface area contributed by atoms with Crippen LogP contribution in [0.15, 0.2) is 39.8 Å². The minimum Gasteiger partial charge on any atom is -0.361 e. The first kappa shape index (κ1) is 18.1. The van der Waals surface area contributed by atoms with Gasteiger partial charge in [0.1, 0.15) is 11.5 Å². The van der Waals surface area contributed by atoms with Crippen LogP contribution in [0.1, 0.15) is 75.4 Å². The molecule has 136 valence electrons. The summed E-state index contributed by atoms with van der Waals surface area (Å²) in [6, 6.07) is 8.87. The number of nitrogens with zero attached hydrogens (tertiary/aromatic N) is 2. The molecule has 0 N–H and O–H groups in total. The Morgan fingerprint density at radius 2 is 1.80 bits per heavy atom. The van der Waals surface area contributed by atoms with Gasteiger partial charge in [0, 0.05) is 18.5 Å². The molecule has 2 heterocycles. The highest BCUT2D eigenvalue weighted by Gasteiger charge is 2.38. The van der Waals surface area contributed by atoms with Gasteiger partial charge in [-0.05, 0) is 36.5 Å². The van der Waals surface area contributed by atoms with Crippen molar-refractivity contribution < 1.29 is 12.9 Å². The molecular formula is C19H26N2O3S. The lowest BCUT2D eigenvalue weighted by molar-refractivity contribution is 0.338. The molecule has 1 aliphatic heterocycles. The first-order chi connectivity index (χ1) is 11.8. The van der Waals surface area contributed by atoms with Gasteiger partial charge in [-0.15, -0.1) is 0 Å². The Morgan fingerprint density at radius 3 is 2.36 bits per heavy atom. The van der Waals surface area contributed by atoms with Crippen LogP contribution in [0, 0.1) is 0 Å². The van der Waals surface area contributed by atoms with Crippen molar-refractivity contribution in [3.05, 3.63) is 47.3 Å². The molecule has 0 aliphatic carbocycles. The molecule has 1 saturated heterocycles. The largest absolute Gasteiger partial charge is 0.361 e. The van der Waals surface area contributed by atoms with Crippen LogP contribution in [0.25, 0.3) is 0 Å². The highest BCUT2D eigenvalue weighted by molar-refractivity contribution is 7.89. The Morgan fingerprint density at radius 1 is 1.12 bits per heavy atom. The van der Waals surface area contributed by atoms with E-state index in [0.29, 0.717) is 23.1 Å². The van der Waals surface area contributed by atoms with Gasteiger partial charge in [-0.2, -0.15) is 4.31 Å². The fraction of sp³-hybridized carbons (Fsp3) is 0.526. The van der Waals surface area contributed by atoms with E-state index in [1.165, 1.54) is 0 Å². The minimum absolute atomic E-state index is 0.233. The molecule has 1 aromatic carbocycles. The van der Waals surface area contributed by atoms with Crippen LogP contribution in [0.3, 0.4) is 0 Å². The van der Waals surface area contributed by atoms with E-state index in [1.807, 2.05) is 32.0 Å². The highest BCUT2D eigenvalue weighted by Crippen LogP contribution is 2.37. The summed E-state index contributed by atoms with van der Waals surface area (Å²) in [5.41, 5.74) is 1.85. The molecule has 1 unspecified atom stereocenters. The summed E-state index contributed by atoms with van der Waals surface area (Å²) >= 11 is 0. The van der Waals surface area contributed by atoms with E-state index in [-0.39, 0.29) is 12.0 Å². The molecule has 6 heteroatoms. The zero-order chi connectivity index (χ0) is 18.2. The molecule has 1 aliphatic rings. The summed E-state index contributed by atoms with van der Waals surface area (Å²) in [6.07, 6.45) is 1.60. The van der Waals surface area contributed by atoms with Crippen molar-refractivity contribution in [3.8, 4) is 0 Å². The lowest BCUT2D eigenvalue weighted by Crippen LogP contribution is -2.30. The number of benzene rings is 1. The van der Waals surface area contributed by atoms with Gasteiger partial charge in [0.05, 0.1) is 10.9 Å². The predicted molar refractivity (Wildman–Crippen MR) is 97.0 cm³/mol. The fourth-order valence-corrected chi connectivity index (χ4v) is 4.89. The van der Waals surface area contributed by atoms with E-state index in [1.54, 1.807) is 16.4 Å². The molecule has 1 fully saturated rings. The van der Waals surface area contributed by atoms with Gasteiger partial charge < -0.3 is 4.52 Å². The number of sulfonamides is 1. The van der Waals surface area contributed by atoms with Crippen molar-refractivity contribution in [1.29, 1.82) is 0 Å². The molecule has 5 nitrogen and oxygen atoms in total. The van der Waals surface area contributed by atoms with Crippen LogP contribution in [0.5, 0.6) is 0 Å². The number of hydrogen-bond acceptors (Lipinski definition) is 4. The maximum Gasteiger partial charge on any atom is 0.243 e. The van der Waals surface area contributed by atoms with E-state index in [2.05, 4.69) is 19.0 Å². The molecule has 3 rings (SSSR count). The topological polar surface area (TPSA) is 63.4 Å². The second-order valence-electron chi connectivity index (χ2n) is 7.31. The van der Waals surface area contributed by atoms with Crippen LogP contribution in [0.4, 0.5) is 0 Å². The van der Waals surface area contributed by atoms with Gasteiger partial charge in [-0.3, -0.25) is 0 Å². The summed E-state index contributed by atoms with van der Waals surface area (Å²) in [7, 11) is -3.54. The summed E-state index contributed by atoms with van der Waals surface area (Å²) < 4.78 is 33.2. The van der Waals surface area contributed by atoms with Crippen molar-refractivity contribution in [2.75, 3.05) is 6.54 Å². The summed E-state index contributed by atoms with van der Waals surface area (Å²) in [5, 5.41) is 4.13. The number of aromatic nitrogens is 1. The Balaban J connectivity index is 1.89. The van der Waals surface area contributed by atoms with Crippen LogP contribution in [-0.2, 0) is 10.0 Å². The smallest absolute Gasteiger partial charge is 0.243 e. The average Bonchev–Trinajstić information content (AvgIpc) is 3.24. The van der Waals surface area contributed by atoms with Gasteiger partial charge in [-0.1, -0.05) is 45.0 Å². The van der Waals surface area contributed by atoms with Gasteiger partial charge in [0.25, 0.3) is 0 Å². The van der Waals surface area contributed by atoms with Gasteiger partial charge >= 0.3 is 0 Å². The maximum atomic E-state index is 13.1. The van der Waals surface area contributed by atoms with Crippen molar-refractivity contribution >= 4 is 10.0 Å². The Labute approximate surface area is 150 Å². The minimum atomic E-state index is -3.54. The van der Waals surface area contributed by atoms with E-state index < -0.39 is 10.0 Å². The summed E-state index contributed by atoms with van der Waals surface area (Å²) in [5.74, 6) is 1.40. The van der Waals surface area contributed by atoms with E-state index in [9.17, 15) is 8.42 Å². The molecule has 1 aromatic heterocycles. The van der Waals surface area contributed by atoms with Crippen molar-refractivity contribution in [3.63, 3.8) is 0 Å². The molecule has 0 spiro atoms. The van der Waals surface area contributed by atoms with Crippen molar-refractivity contribution in [2.45, 2.75) is 63.3 Å². The van der Waals surface area contributed by atoms with Crippen molar-refractivity contribution in [2.24, 2.45) is 0 Å². The monoisotopic (exact) mass is 362 g/mol. The summed E-state index contributed by atoms with van der Waals surface area (Å²) in [6.45, 7) is 8.77. The fourth-order valence-electron chi connectivity index (χ4n) is 3.22. The third-order valence-electron chi connectivity index (χ3n) is 4.81. The molecule has 0 saturated carbocycles. The van der Waals surface area contributed by atoms with Gasteiger partial charge in [0.2, 0.25) is 10.0 Å². The van der Waals surface area contributed by atoms with Crippen LogP contribution < -0.4 is 0 Å². The van der Waals surface area contributed by atoms with E-state index in [4.69, 9.17) is 4.52 Å². The standard InChI is InChI=1S/C19H26N2O3S/c1-13(2)15-7-9-16(10-8-15)25(22,23)21-11-5-6-18(21)17-12-19(14(3)4)24-20-17/h7-10,12-14,18H,5-6,11H2,1-4H3. The zero-order valence-electron chi connectivity index (χ0n) is 15.3. The van der Waals surface area contributed by atoms with Crippen LogP contribution in [-0.4, -0.2) is 24.4 Å². The quantitative estimate of drug-likeness (QED) is 0.788. The Bertz CT molecular complexity index is 823. The molecule has 1 atom stereocenters. The summed E-state index contributed by atoms with van der Waals surface area (Å²) in [4.78, 5) is 0.344. The van der Waals surface area contributed by atoms with Crippen molar-refractivity contribution in [1.82, 2.24) is 9.46 Å². The van der Waals surface area contributed by atoms with Crippen LogP contribution >= 0.6 is 0 Å². The van der Waals surface area contributed by atoms with Gasteiger partial charge in [0.15, 0.2) is 0 Å². The first-order valence-electron chi connectivity index (χ1n) is 8.89. The molecule has 0 radical (unpaired) electrons. The average molecular weight is 362 g/mol. The SMILES string of the molecule is CC(C)c1ccc(S(=O)(=O)N2CCCC2c2cc(C(C)C)on2)cc1. The molecular weight excluding hydrogens is 336 g/mol.